The molecule has 2 atom stereocenters. The van der Waals surface area contributed by atoms with Crippen LogP contribution in [-0.4, -0.2) is 23.1 Å². The van der Waals surface area contributed by atoms with Crippen molar-refractivity contribution in [3.63, 3.8) is 0 Å². The molecule has 20 heavy (non-hydrogen) atoms. The van der Waals surface area contributed by atoms with Gasteiger partial charge in [-0.05, 0) is 35.0 Å². The average molecular weight is 355 g/mol. The van der Waals surface area contributed by atoms with Crippen molar-refractivity contribution in [1.29, 1.82) is 0 Å². The molecular weight excluding hydrogens is 338 g/mol. The Morgan fingerprint density at radius 2 is 1.65 bits per heavy atom. The van der Waals surface area contributed by atoms with Gasteiger partial charge in [0.25, 0.3) is 0 Å². The number of aliphatic hydroxyl groups is 1. The van der Waals surface area contributed by atoms with Crippen LogP contribution < -0.4 is 0 Å². The van der Waals surface area contributed by atoms with Crippen LogP contribution in [0.1, 0.15) is 23.1 Å². The molecule has 0 fully saturated rings. The Morgan fingerprint density at radius 3 is 2.20 bits per heavy atom. The van der Waals surface area contributed by atoms with Gasteiger partial charge in [-0.2, -0.15) is 0 Å². The molecule has 106 valence electrons. The molecule has 0 bridgehead atoms. The van der Waals surface area contributed by atoms with Gasteiger partial charge < -0.3 is 5.11 Å². The van der Waals surface area contributed by atoms with Crippen LogP contribution in [0, 0.1) is 0 Å². The number of aliphatic hydroxyl groups excluding tert-OH is 1. The van der Waals surface area contributed by atoms with E-state index < -0.39 is 6.10 Å². The normalized spacial score (nSPS) is 14.2. The number of likely N-dealkylation sites (N-methyl/N-ethyl adjacent to an activating group) is 1. The molecule has 1 N–H and O–H groups in total. The van der Waals surface area contributed by atoms with Crippen LogP contribution in [0.2, 0.25) is 0 Å². The van der Waals surface area contributed by atoms with E-state index in [0.29, 0.717) is 6.54 Å². The number of hydrogen-bond acceptors (Lipinski definition) is 2. The van der Waals surface area contributed by atoms with E-state index >= 15 is 0 Å². The predicted octanol–water partition coefficient (Wildman–Crippen LogP) is 4.35. The van der Waals surface area contributed by atoms with Crippen LogP contribution in [-0.2, 0) is 0 Å². The molecule has 0 saturated heterocycles. The highest BCUT2D eigenvalue weighted by Gasteiger charge is 2.23. The van der Waals surface area contributed by atoms with Crippen LogP contribution in [0.4, 0.5) is 0 Å². The second kappa shape index (κ2) is 7.23. The SMILES string of the molecule is CN(Cl)C[C@@H](c1ccccc1)[C@H](O)c1ccc(Br)cc1. The van der Waals surface area contributed by atoms with Crippen LogP contribution >= 0.6 is 27.7 Å². The van der Waals surface area contributed by atoms with E-state index in [0.717, 1.165) is 15.6 Å². The van der Waals surface area contributed by atoms with Crippen molar-refractivity contribution in [1.82, 2.24) is 4.42 Å². The fraction of sp³-hybridized carbons (Fsp3) is 0.250. The zero-order valence-corrected chi connectivity index (χ0v) is 13.6. The minimum Gasteiger partial charge on any atom is -0.388 e. The summed E-state index contributed by atoms with van der Waals surface area (Å²) in [5.41, 5.74) is 1.97. The van der Waals surface area contributed by atoms with Crippen molar-refractivity contribution in [2.75, 3.05) is 13.6 Å². The molecule has 0 amide bonds. The Labute approximate surface area is 133 Å². The second-order valence-electron chi connectivity index (χ2n) is 4.80. The molecule has 0 aliphatic heterocycles. The zero-order valence-electron chi connectivity index (χ0n) is 11.2. The lowest BCUT2D eigenvalue weighted by molar-refractivity contribution is 0.136. The smallest absolute Gasteiger partial charge is 0.0871 e. The van der Waals surface area contributed by atoms with Crippen LogP contribution in [0.15, 0.2) is 59.1 Å². The summed E-state index contributed by atoms with van der Waals surface area (Å²) >= 11 is 9.40. The predicted molar refractivity (Wildman–Crippen MR) is 86.8 cm³/mol. The molecule has 0 heterocycles. The Hall–Kier alpha value is -0.870. The molecule has 0 aromatic heterocycles. The van der Waals surface area contributed by atoms with E-state index in [1.807, 2.05) is 54.6 Å². The number of rotatable bonds is 5. The molecule has 0 aliphatic rings. The minimum absolute atomic E-state index is 0.0696. The third-order valence-electron chi connectivity index (χ3n) is 3.27. The van der Waals surface area contributed by atoms with Gasteiger partial charge in [0.1, 0.15) is 0 Å². The summed E-state index contributed by atoms with van der Waals surface area (Å²) < 4.78 is 2.58. The monoisotopic (exact) mass is 353 g/mol. The summed E-state index contributed by atoms with van der Waals surface area (Å²) in [6.07, 6.45) is -0.591. The fourth-order valence-corrected chi connectivity index (χ4v) is 2.66. The quantitative estimate of drug-likeness (QED) is 0.807. The maximum Gasteiger partial charge on any atom is 0.0871 e. The summed E-state index contributed by atoms with van der Waals surface area (Å²) in [5, 5.41) is 10.7. The summed E-state index contributed by atoms with van der Waals surface area (Å²) in [6.45, 7) is 0.572. The Morgan fingerprint density at radius 1 is 1.05 bits per heavy atom. The van der Waals surface area contributed by atoms with Crippen molar-refractivity contribution >= 4 is 27.7 Å². The van der Waals surface area contributed by atoms with Crippen molar-refractivity contribution < 1.29 is 5.11 Å². The molecule has 0 unspecified atom stereocenters. The van der Waals surface area contributed by atoms with Crippen LogP contribution in [0.5, 0.6) is 0 Å². The van der Waals surface area contributed by atoms with E-state index in [1.54, 1.807) is 11.5 Å². The molecule has 2 rings (SSSR count). The van der Waals surface area contributed by atoms with Crippen molar-refractivity contribution in [2.24, 2.45) is 0 Å². The summed E-state index contributed by atoms with van der Waals surface area (Å²) in [4.78, 5) is 0. The van der Waals surface area contributed by atoms with Gasteiger partial charge in [0.05, 0.1) is 6.10 Å². The summed E-state index contributed by atoms with van der Waals surface area (Å²) in [5.74, 6) is -0.0696. The van der Waals surface area contributed by atoms with Gasteiger partial charge in [0, 0.05) is 24.0 Å². The first-order chi connectivity index (χ1) is 9.58. The van der Waals surface area contributed by atoms with E-state index in [2.05, 4.69) is 15.9 Å². The van der Waals surface area contributed by atoms with Gasteiger partial charge in [-0.3, -0.25) is 0 Å². The van der Waals surface area contributed by atoms with Crippen molar-refractivity contribution in [3.8, 4) is 0 Å². The van der Waals surface area contributed by atoms with Crippen LogP contribution in [0.3, 0.4) is 0 Å². The molecular formula is C16H17BrClNO. The Bertz CT molecular complexity index is 530. The molecule has 0 saturated carbocycles. The standard InChI is InChI=1S/C16H17BrClNO/c1-19(18)11-15(12-5-3-2-4-6-12)16(20)13-7-9-14(17)10-8-13/h2-10,15-16,20H,11H2,1H3/t15-,16+/m0/s1. The molecule has 4 heteroatoms. The molecule has 2 aromatic carbocycles. The molecule has 2 nitrogen and oxygen atoms in total. The molecule has 2 aromatic rings. The molecule has 0 spiro atoms. The van der Waals surface area contributed by atoms with Gasteiger partial charge in [-0.25, -0.2) is 4.42 Å². The van der Waals surface area contributed by atoms with Gasteiger partial charge in [-0.1, -0.05) is 58.4 Å². The van der Waals surface area contributed by atoms with Gasteiger partial charge in [0.15, 0.2) is 0 Å². The maximum atomic E-state index is 10.7. The maximum absolute atomic E-state index is 10.7. The lowest BCUT2D eigenvalue weighted by atomic mass is 9.89. The van der Waals surface area contributed by atoms with Gasteiger partial charge >= 0.3 is 0 Å². The van der Waals surface area contributed by atoms with E-state index in [1.165, 1.54) is 0 Å². The van der Waals surface area contributed by atoms with Crippen molar-refractivity contribution in [2.45, 2.75) is 12.0 Å². The zero-order chi connectivity index (χ0) is 14.5. The summed E-state index contributed by atoms with van der Waals surface area (Å²) in [6, 6.07) is 17.7. The topological polar surface area (TPSA) is 23.5 Å². The number of nitrogens with zero attached hydrogens (tertiary/aromatic N) is 1. The minimum atomic E-state index is -0.591. The first-order valence-corrected chi connectivity index (χ1v) is 7.56. The molecule has 0 radical (unpaired) electrons. The van der Waals surface area contributed by atoms with Gasteiger partial charge in [0.2, 0.25) is 0 Å². The van der Waals surface area contributed by atoms with E-state index in [4.69, 9.17) is 11.8 Å². The highest BCUT2D eigenvalue weighted by Crippen LogP contribution is 2.32. The van der Waals surface area contributed by atoms with Crippen LogP contribution in [0.25, 0.3) is 0 Å². The average Bonchev–Trinajstić information content (AvgIpc) is 2.45. The third kappa shape index (κ3) is 4.06. The largest absolute Gasteiger partial charge is 0.388 e. The van der Waals surface area contributed by atoms with E-state index in [9.17, 15) is 5.11 Å². The second-order valence-corrected chi connectivity index (χ2v) is 6.29. The van der Waals surface area contributed by atoms with Crippen molar-refractivity contribution in [3.05, 3.63) is 70.2 Å². The fourth-order valence-electron chi connectivity index (χ4n) is 2.25. The number of halogens is 2. The molecule has 0 aliphatic carbocycles. The Kier molecular flexibility index (Phi) is 5.61. The Balaban J connectivity index is 2.28. The third-order valence-corrected chi connectivity index (χ3v) is 3.94. The summed E-state index contributed by atoms with van der Waals surface area (Å²) in [7, 11) is 1.80. The number of hydrogen-bond donors (Lipinski definition) is 1. The highest BCUT2D eigenvalue weighted by atomic mass is 79.9. The number of benzene rings is 2. The lowest BCUT2D eigenvalue weighted by Crippen LogP contribution is -2.22. The first-order valence-electron chi connectivity index (χ1n) is 6.43. The van der Waals surface area contributed by atoms with E-state index in [-0.39, 0.29) is 5.92 Å². The highest BCUT2D eigenvalue weighted by molar-refractivity contribution is 9.10. The lowest BCUT2D eigenvalue weighted by Gasteiger charge is -2.25. The first kappa shape index (κ1) is 15.5. The van der Waals surface area contributed by atoms with Gasteiger partial charge in [-0.15, -0.1) is 0 Å².